The lowest BCUT2D eigenvalue weighted by Gasteiger charge is -2.20. The first kappa shape index (κ1) is 22.0. The van der Waals surface area contributed by atoms with Gasteiger partial charge >= 0.3 is 18.4 Å². The molecule has 2 aromatic rings. The summed E-state index contributed by atoms with van der Waals surface area (Å²) < 4.78 is 70.6. The number of ether oxygens (including phenoxy) is 2. The SMILES string of the molecule is O=C(NCCC#Cc1ccc(OC(F)(F)C(F)(F)F)cc1)OCc1ccccc1. The molecule has 0 atom stereocenters. The highest BCUT2D eigenvalue weighted by Crippen LogP contribution is 2.37. The molecule has 29 heavy (non-hydrogen) atoms. The molecule has 2 rings (SSSR count). The summed E-state index contributed by atoms with van der Waals surface area (Å²) in [4.78, 5) is 11.5. The third kappa shape index (κ3) is 7.33. The van der Waals surface area contributed by atoms with Gasteiger partial charge in [0.1, 0.15) is 12.4 Å². The number of carbonyl (C=O) groups excluding carboxylic acids is 1. The highest BCUT2D eigenvalue weighted by molar-refractivity contribution is 5.67. The van der Waals surface area contributed by atoms with Crippen LogP contribution in [0.3, 0.4) is 0 Å². The second kappa shape index (κ2) is 9.78. The maximum Gasteiger partial charge on any atom is 0.499 e. The van der Waals surface area contributed by atoms with E-state index in [2.05, 4.69) is 21.9 Å². The van der Waals surface area contributed by atoms with Gasteiger partial charge in [-0.25, -0.2) is 4.79 Å². The molecule has 0 fully saturated rings. The van der Waals surface area contributed by atoms with Crippen LogP contribution < -0.4 is 10.1 Å². The number of alkyl carbamates (subject to hydrolysis) is 1. The Morgan fingerprint density at radius 3 is 2.24 bits per heavy atom. The predicted octanol–water partition coefficient (Wildman–Crippen LogP) is 4.89. The van der Waals surface area contributed by atoms with Gasteiger partial charge in [-0.1, -0.05) is 42.2 Å². The van der Waals surface area contributed by atoms with E-state index in [0.29, 0.717) is 5.56 Å². The molecule has 2 aromatic carbocycles. The first-order chi connectivity index (χ1) is 13.7. The predicted molar refractivity (Wildman–Crippen MR) is 94.2 cm³/mol. The van der Waals surface area contributed by atoms with Gasteiger partial charge in [-0.3, -0.25) is 0 Å². The minimum atomic E-state index is -5.80. The highest BCUT2D eigenvalue weighted by Gasteiger charge is 2.61. The zero-order valence-electron chi connectivity index (χ0n) is 14.9. The highest BCUT2D eigenvalue weighted by atomic mass is 19.4. The summed E-state index contributed by atoms with van der Waals surface area (Å²) >= 11 is 0. The van der Waals surface area contributed by atoms with Gasteiger partial charge in [0.05, 0.1) is 0 Å². The maximum atomic E-state index is 12.8. The summed E-state index contributed by atoms with van der Waals surface area (Å²) in [5.74, 6) is 4.78. The number of hydrogen-bond donors (Lipinski definition) is 1. The topological polar surface area (TPSA) is 47.6 Å². The van der Waals surface area contributed by atoms with Gasteiger partial charge in [0.15, 0.2) is 0 Å². The van der Waals surface area contributed by atoms with E-state index in [1.54, 1.807) is 0 Å². The molecule has 1 amide bonds. The van der Waals surface area contributed by atoms with Gasteiger partial charge in [-0.15, -0.1) is 0 Å². The Bertz CT molecular complexity index is 856. The Morgan fingerprint density at radius 1 is 0.966 bits per heavy atom. The van der Waals surface area contributed by atoms with Crippen molar-refractivity contribution in [3.05, 3.63) is 65.7 Å². The third-order valence-corrected chi connectivity index (χ3v) is 3.40. The molecule has 0 spiro atoms. The Morgan fingerprint density at radius 2 is 1.62 bits per heavy atom. The van der Waals surface area contributed by atoms with Crippen molar-refractivity contribution in [2.24, 2.45) is 0 Å². The van der Waals surface area contributed by atoms with Gasteiger partial charge in [0, 0.05) is 18.5 Å². The van der Waals surface area contributed by atoms with E-state index < -0.39 is 24.1 Å². The fraction of sp³-hybridized carbons (Fsp3) is 0.250. The van der Waals surface area contributed by atoms with Crippen LogP contribution in [-0.2, 0) is 11.3 Å². The van der Waals surface area contributed by atoms with Crippen LogP contribution in [0.15, 0.2) is 54.6 Å². The van der Waals surface area contributed by atoms with E-state index in [1.165, 1.54) is 12.1 Å². The van der Waals surface area contributed by atoms with Crippen LogP contribution in [0.2, 0.25) is 0 Å². The number of halogens is 5. The Kier molecular flexibility index (Phi) is 7.42. The van der Waals surface area contributed by atoms with Crippen LogP contribution in [0.25, 0.3) is 0 Å². The quantitative estimate of drug-likeness (QED) is 0.417. The number of hydrogen-bond acceptors (Lipinski definition) is 3. The van der Waals surface area contributed by atoms with Crippen LogP contribution in [0.5, 0.6) is 5.75 Å². The molecular weight excluding hydrogens is 397 g/mol. The molecule has 154 valence electrons. The van der Waals surface area contributed by atoms with E-state index in [-0.39, 0.29) is 19.6 Å². The minimum absolute atomic E-state index is 0.139. The van der Waals surface area contributed by atoms with Crippen molar-refractivity contribution in [2.45, 2.75) is 25.3 Å². The Balaban J connectivity index is 1.73. The fourth-order valence-electron chi connectivity index (χ4n) is 1.98. The molecular formula is C20H16F5NO3. The zero-order valence-corrected chi connectivity index (χ0v) is 14.9. The monoisotopic (exact) mass is 413 g/mol. The normalized spacial score (nSPS) is 11.2. The maximum absolute atomic E-state index is 12.8. The first-order valence-electron chi connectivity index (χ1n) is 8.34. The molecule has 0 heterocycles. The lowest BCUT2D eigenvalue weighted by atomic mass is 10.2. The smallest absolute Gasteiger partial charge is 0.445 e. The second-order valence-corrected chi connectivity index (χ2v) is 5.68. The summed E-state index contributed by atoms with van der Waals surface area (Å²) in [6, 6.07) is 13.6. The summed E-state index contributed by atoms with van der Waals surface area (Å²) in [5.41, 5.74) is 1.24. The van der Waals surface area contributed by atoms with E-state index in [0.717, 1.165) is 17.7 Å². The van der Waals surface area contributed by atoms with Crippen molar-refractivity contribution in [2.75, 3.05) is 6.54 Å². The number of rotatable bonds is 6. The van der Waals surface area contributed by atoms with E-state index in [4.69, 9.17) is 4.74 Å². The fourth-order valence-corrected chi connectivity index (χ4v) is 1.98. The lowest BCUT2D eigenvalue weighted by molar-refractivity contribution is -0.360. The van der Waals surface area contributed by atoms with Crippen LogP contribution in [-0.4, -0.2) is 24.9 Å². The van der Waals surface area contributed by atoms with E-state index in [1.807, 2.05) is 30.3 Å². The van der Waals surface area contributed by atoms with Gasteiger partial charge in [0.25, 0.3) is 0 Å². The molecule has 1 N–H and O–H groups in total. The molecule has 0 bridgehead atoms. The van der Waals surface area contributed by atoms with Gasteiger partial charge in [0.2, 0.25) is 0 Å². The van der Waals surface area contributed by atoms with Crippen LogP contribution in [0.1, 0.15) is 17.5 Å². The first-order valence-corrected chi connectivity index (χ1v) is 8.34. The van der Waals surface area contributed by atoms with Gasteiger partial charge in [-0.2, -0.15) is 22.0 Å². The molecule has 0 aromatic heterocycles. The molecule has 0 aliphatic heterocycles. The van der Waals surface area contributed by atoms with Crippen molar-refractivity contribution in [1.29, 1.82) is 0 Å². The van der Waals surface area contributed by atoms with Crippen molar-refractivity contribution in [1.82, 2.24) is 5.32 Å². The number of amides is 1. The van der Waals surface area contributed by atoms with Crippen molar-refractivity contribution >= 4 is 6.09 Å². The number of nitrogens with one attached hydrogen (secondary N) is 1. The van der Waals surface area contributed by atoms with Crippen molar-refractivity contribution in [3.8, 4) is 17.6 Å². The molecule has 4 nitrogen and oxygen atoms in total. The number of carbonyl (C=O) groups is 1. The molecule has 0 aliphatic rings. The molecule has 0 radical (unpaired) electrons. The average molecular weight is 413 g/mol. The number of benzene rings is 2. The minimum Gasteiger partial charge on any atom is -0.445 e. The molecule has 0 aliphatic carbocycles. The van der Waals surface area contributed by atoms with E-state index >= 15 is 0 Å². The van der Waals surface area contributed by atoms with Crippen LogP contribution in [0, 0.1) is 11.8 Å². The summed E-state index contributed by atoms with van der Waals surface area (Å²) in [6.45, 7) is 0.361. The largest absolute Gasteiger partial charge is 0.499 e. The Labute approximate surface area is 163 Å². The molecule has 0 saturated carbocycles. The van der Waals surface area contributed by atoms with Crippen LogP contribution >= 0.6 is 0 Å². The standard InChI is InChI=1S/C20H16F5NO3/c21-19(22,23)20(24,25)29-17-11-9-15(10-12-17)6-4-5-13-26-18(27)28-14-16-7-2-1-3-8-16/h1-3,7-12H,5,13-14H2,(H,26,27). The van der Waals surface area contributed by atoms with Gasteiger partial charge < -0.3 is 14.8 Å². The molecule has 0 saturated heterocycles. The zero-order chi connectivity index (χ0) is 21.3. The Hall–Kier alpha value is -3.28. The summed E-state index contributed by atoms with van der Waals surface area (Å²) in [6.07, 6.45) is -11.4. The van der Waals surface area contributed by atoms with Crippen molar-refractivity contribution < 1.29 is 36.2 Å². The average Bonchev–Trinajstić information content (AvgIpc) is 2.67. The van der Waals surface area contributed by atoms with Gasteiger partial charge in [-0.05, 0) is 29.8 Å². The van der Waals surface area contributed by atoms with Crippen molar-refractivity contribution in [3.63, 3.8) is 0 Å². The summed E-state index contributed by atoms with van der Waals surface area (Å²) in [7, 11) is 0. The lowest BCUT2D eigenvalue weighted by Crippen LogP contribution is -2.41. The van der Waals surface area contributed by atoms with Crippen LogP contribution in [0.4, 0.5) is 26.7 Å². The van der Waals surface area contributed by atoms with E-state index in [9.17, 15) is 26.7 Å². The number of alkyl halides is 5. The molecule has 9 heteroatoms. The third-order valence-electron chi connectivity index (χ3n) is 3.40. The second-order valence-electron chi connectivity index (χ2n) is 5.68. The summed E-state index contributed by atoms with van der Waals surface area (Å²) in [5, 5.41) is 2.51. The molecule has 0 unspecified atom stereocenters.